The summed E-state index contributed by atoms with van der Waals surface area (Å²) in [6.45, 7) is 3.31. The first-order valence-corrected chi connectivity index (χ1v) is 9.60. The van der Waals surface area contributed by atoms with Gasteiger partial charge in [-0.15, -0.1) is 0 Å². The van der Waals surface area contributed by atoms with Crippen molar-refractivity contribution < 1.29 is 13.2 Å². The SMILES string of the molecule is CC(C)S(=O)(=O)c1ccc(C(=O)NC2CCCCCC2)cc1. The highest BCUT2D eigenvalue weighted by molar-refractivity contribution is 7.92. The van der Waals surface area contributed by atoms with E-state index in [2.05, 4.69) is 5.32 Å². The molecule has 0 unspecified atom stereocenters. The van der Waals surface area contributed by atoms with Crippen LogP contribution in [0.25, 0.3) is 0 Å². The topological polar surface area (TPSA) is 63.2 Å². The van der Waals surface area contributed by atoms with Crippen LogP contribution in [0.2, 0.25) is 0 Å². The molecule has 122 valence electrons. The van der Waals surface area contributed by atoms with Crippen LogP contribution in [0.4, 0.5) is 0 Å². The predicted molar refractivity (Wildman–Crippen MR) is 87.7 cm³/mol. The molecule has 1 aliphatic carbocycles. The standard InChI is InChI=1S/C17H25NO3S/c1-13(2)22(20,21)16-11-9-14(10-12-16)17(19)18-15-7-5-3-4-6-8-15/h9-13,15H,3-8H2,1-2H3,(H,18,19). The maximum Gasteiger partial charge on any atom is 0.251 e. The number of hydrogen-bond donors (Lipinski definition) is 1. The zero-order valence-corrected chi connectivity index (χ0v) is 14.2. The average Bonchev–Trinajstić information content (AvgIpc) is 2.76. The smallest absolute Gasteiger partial charge is 0.251 e. The Morgan fingerprint density at radius 3 is 2.09 bits per heavy atom. The summed E-state index contributed by atoms with van der Waals surface area (Å²) < 4.78 is 24.1. The molecule has 0 heterocycles. The van der Waals surface area contributed by atoms with Gasteiger partial charge in [-0.1, -0.05) is 25.7 Å². The molecular weight excluding hydrogens is 298 g/mol. The van der Waals surface area contributed by atoms with Gasteiger partial charge in [0.25, 0.3) is 5.91 Å². The van der Waals surface area contributed by atoms with Crippen LogP contribution in [0.15, 0.2) is 29.2 Å². The van der Waals surface area contributed by atoms with E-state index >= 15 is 0 Å². The fourth-order valence-electron chi connectivity index (χ4n) is 2.76. The van der Waals surface area contributed by atoms with Crippen LogP contribution in [0, 0.1) is 0 Å². The van der Waals surface area contributed by atoms with Gasteiger partial charge in [0.2, 0.25) is 0 Å². The summed E-state index contributed by atoms with van der Waals surface area (Å²) >= 11 is 0. The molecule has 1 N–H and O–H groups in total. The van der Waals surface area contributed by atoms with Crippen LogP contribution in [0.1, 0.15) is 62.7 Å². The lowest BCUT2D eigenvalue weighted by Gasteiger charge is -2.16. The van der Waals surface area contributed by atoms with Gasteiger partial charge in [0, 0.05) is 11.6 Å². The third-order valence-electron chi connectivity index (χ3n) is 4.26. The van der Waals surface area contributed by atoms with Crippen molar-refractivity contribution in [2.75, 3.05) is 0 Å². The monoisotopic (exact) mass is 323 g/mol. The van der Waals surface area contributed by atoms with Crippen LogP contribution in [-0.4, -0.2) is 25.6 Å². The number of amides is 1. The van der Waals surface area contributed by atoms with Crippen LogP contribution < -0.4 is 5.32 Å². The summed E-state index contributed by atoms with van der Waals surface area (Å²) in [4.78, 5) is 12.5. The zero-order valence-electron chi connectivity index (χ0n) is 13.3. The third-order valence-corrected chi connectivity index (χ3v) is 6.43. The van der Waals surface area contributed by atoms with Crippen molar-refractivity contribution in [2.24, 2.45) is 0 Å². The lowest BCUT2D eigenvalue weighted by Crippen LogP contribution is -2.34. The Morgan fingerprint density at radius 2 is 1.59 bits per heavy atom. The van der Waals surface area contributed by atoms with Crippen molar-refractivity contribution in [2.45, 2.75) is 68.6 Å². The van der Waals surface area contributed by atoms with Crippen LogP contribution in [0.3, 0.4) is 0 Å². The van der Waals surface area contributed by atoms with E-state index in [1.54, 1.807) is 26.0 Å². The van der Waals surface area contributed by atoms with Crippen LogP contribution in [0.5, 0.6) is 0 Å². The molecule has 0 bridgehead atoms. The second-order valence-corrected chi connectivity index (χ2v) is 8.78. The van der Waals surface area contributed by atoms with E-state index in [0.717, 1.165) is 25.7 Å². The van der Waals surface area contributed by atoms with E-state index < -0.39 is 15.1 Å². The van der Waals surface area contributed by atoms with Gasteiger partial charge in [0.05, 0.1) is 10.1 Å². The van der Waals surface area contributed by atoms with Crippen molar-refractivity contribution in [3.63, 3.8) is 0 Å². The molecule has 1 aromatic rings. The first kappa shape index (κ1) is 17.0. The Morgan fingerprint density at radius 1 is 1.05 bits per heavy atom. The van der Waals surface area contributed by atoms with Gasteiger partial charge in [-0.3, -0.25) is 4.79 Å². The number of rotatable bonds is 4. The number of carbonyl (C=O) groups excluding carboxylic acids is 1. The fraction of sp³-hybridized carbons (Fsp3) is 0.588. The first-order valence-electron chi connectivity index (χ1n) is 8.06. The Labute approximate surface area is 133 Å². The van der Waals surface area contributed by atoms with Crippen molar-refractivity contribution >= 4 is 15.7 Å². The molecule has 2 rings (SSSR count). The summed E-state index contributed by atoms with van der Waals surface area (Å²) in [6, 6.07) is 6.49. The third kappa shape index (κ3) is 4.09. The van der Waals surface area contributed by atoms with Gasteiger partial charge in [0.1, 0.15) is 0 Å². The molecule has 0 atom stereocenters. The largest absolute Gasteiger partial charge is 0.349 e. The molecule has 1 fully saturated rings. The summed E-state index contributed by atoms with van der Waals surface area (Å²) in [5, 5.41) is 2.61. The Bertz CT molecular complexity index is 597. The van der Waals surface area contributed by atoms with Gasteiger partial charge >= 0.3 is 0 Å². The van der Waals surface area contributed by atoms with Crippen molar-refractivity contribution in [1.29, 1.82) is 0 Å². The van der Waals surface area contributed by atoms with E-state index in [1.807, 2.05) is 0 Å². The molecule has 22 heavy (non-hydrogen) atoms. The van der Waals surface area contributed by atoms with Crippen LogP contribution >= 0.6 is 0 Å². The highest BCUT2D eigenvalue weighted by atomic mass is 32.2. The molecule has 0 spiro atoms. The summed E-state index contributed by atoms with van der Waals surface area (Å²) in [5.41, 5.74) is 0.520. The number of sulfone groups is 1. The molecule has 1 aromatic carbocycles. The lowest BCUT2D eigenvalue weighted by atomic mass is 10.1. The van der Waals surface area contributed by atoms with Crippen molar-refractivity contribution in [1.82, 2.24) is 5.32 Å². The normalized spacial score (nSPS) is 17.2. The van der Waals surface area contributed by atoms with Gasteiger partial charge in [-0.05, 0) is 51.0 Å². The van der Waals surface area contributed by atoms with E-state index in [0.29, 0.717) is 5.56 Å². The minimum atomic E-state index is -3.28. The molecule has 1 saturated carbocycles. The summed E-state index contributed by atoms with van der Waals surface area (Å²) in [7, 11) is -3.28. The lowest BCUT2D eigenvalue weighted by molar-refractivity contribution is 0.0933. The molecule has 0 aromatic heterocycles. The van der Waals surface area contributed by atoms with Crippen LogP contribution in [-0.2, 0) is 9.84 Å². The first-order chi connectivity index (χ1) is 10.4. The van der Waals surface area contributed by atoms with E-state index in [-0.39, 0.29) is 16.8 Å². The number of hydrogen-bond acceptors (Lipinski definition) is 3. The van der Waals surface area contributed by atoms with E-state index in [1.165, 1.54) is 25.0 Å². The van der Waals surface area contributed by atoms with E-state index in [4.69, 9.17) is 0 Å². The summed E-state index contributed by atoms with van der Waals surface area (Å²) in [6.07, 6.45) is 6.88. The number of nitrogens with one attached hydrogen (secondary N) is 1. The van der Waals surface area contributed by atoms with Gasteiger partial charge < -0.3 is 5.32 Å². The Hall–Kier alpha value is -1.36. The maximum atomic E-state index is 12.3. The highest BCUT2D eigenvalue weighted by Crippen LogP contribution is 2.19. The molecule has 0 saturated heterocycles. The minimum Gasteiger partial charge on any atom is -0.349 e. The molecule has 4 nitrogen and oxygen atoms in total. The minimum absolute atomic E-state index is 0.111. The Balaban J connectivity index is 2.05. The molecule has 1 amide bonds. The van der Waals surface area contributed by atoms with Crippen molar-refractivity contribution in [3.05, 3.63) is 29.8 Å². The molecule has 0 radical (unpaired) electrons. The van der Waals surface area contributed by atoms with Gasteiger partial charge in [-0.2, -0.15) is 0 Å². The quantitative estimate of drug-likeness (QED) is 0.865. The van der Waals surface area contributed by atoms with E-state index in [9.17, 15) is 13.2 Å². The maximum absolute atomic E-state index is 12.3. The molecule has 5 heteroatoms. The number of benzene rings is 1. The highest BCUT2D eigenvalue weighted by Gasteiger charge is 2.20. The molecule has 1 aliphatic rings. The second-order valence-electron chi connectivity index (χ2n) is 6.28. The van der Waals surface area contributed by atoms with Crippen molar-refractivity contribution in [3.8, 4) is 0 Å². The molecular formula is C17H25NO3S. The zero-order chi connectivity index (χ0) is 16.2. The second kappa shape index (κ2) is 7.27. The average molecular weight is 323 g/mol. The van der Waals surface area contributed by atoms with Gasteiger partial charge in [-0.25, -0.2) is 8.42 Å². The predicted octanol–water partition coefficient (Wildman–Crippen LogP) is 3.32. The summed E-state index contributed by atoms with van der Waals surface area (Å²) in [5.74, 6) is -0.111. The van der Waals surface area contributed by atoms with Gasteiger partial charge in [0.15, 0.2) is 9.84 Å². The number of carbonyl (C=O) groups is 1. The Kier molecular flexibility index (Phi) is 5.62. The molecule has 0 aliphatic heterocycles. The fourth-order valence-corrected chi connectivity index (χ4v) is 3.82.